The van der Waals surface area contributed by atoms with Crippen molar-refractivity contribution in [2.45, 2.75) is 0 Å². The summed E-state index contributed by atoms with van der Waals surface area (Å²) in [6.07, 6.45) is 1.41. The molecule has 1 aromatic heterocycles. The lowest BCUT2D eigenvalue weighted by Gasteiger charge is -1.98. The molecule has 1 N–H and O–H groups in total. The summed E-state index contributed by atoms with van der Waals surface area (Å²) in [4.78, 5) is 14.3. The molecular formula is C10H7ClFNO2. The normalized spacial score (nSPS) is 9.67. The zero-order valence-electron chi connectivity index (χ0n) is 7.48. The van der Waals surface area contributed by atoms with Crippen molar-refractivity contribution in [3.05, 3.63) is 42.0 Å². The third kappa shape index (κ3) is 2.22. The summed E-state index contributed by atoms with van der Waals surface area (Å²) in [5.74, 6) is -1.50. The molecule has 0 aliphatic carbocycles. The van der Waals surface area contributed by atoms with E-state index >= 15 is 0 Å². The van der Waals surface area contributed by atoms with E-state index in [2.05, 4.69) is 4.98 Å². The van der Waals surface area contributed by atoms with Crippen LogP contribution in [0.25, 0.3) is 10.8 Å². The number of rotatable bonds is 1. The van der Waals surface area contributed by atoms with Crippen LogP contribution >= 0.6 is 12.4 Å². The summed E-state index contributed by atoms with van der Waals surface area (Å²) in [5.41, 5.74) is -0.0805. The number of halogens is 2. The maximum absolute atomic E-state index is 12.8. The van der Waals surface area contributed by atoms with E-state index in [4.69, 9.17) is 5.11 Å². The van der Waals surface area contributed by atoms with Crippen molar-refractivity contribution >= 4 is 29.1 Å². The minimum absolute atomic E-state index is 0. The van der Waals surface area contributed by atoms with E-state index in [-0.39, 0.29) is 23.9 Å². The van der Waals surface area contributed by atoms with Crippen LogP contribution < -0.4 is 0 Å². The Morgan fingerprint density at radius 1 is 1.27 bits per heavy atom. The Hall–Kier alpha value is -1.68. The van der Waals surface area contributed by atoms with Gasteiger partial charge >= 0.3 is 5.97 Å². The first kappa shape index (κ1) is 11.4. The summed E-state index contributed by atoms with van der Waals surface area (Å²) in [5, 5.41) is 9.92. The monoisotopic (exact) mass is 227 g/mol. The van der Waals surface area contributed by atoms with Crippen LogP contribution in [0.4, 0.5) is 4.39 Å². The van der Waals surface area contributed by atoms with Crippen molar-refractivity contribution in [2.75, 3.05) is 0 Å². The Morgan fingerprint density at radius 2 is 2.00 bits per heavy atom. The number of hydrogen-bond donors (Lipinski definition) is 1. The summed E-state index contributed by atoms with van der Waals surface area (Å²) in [7, 11) is 0. The largest absolute Gasteiger partial charge is 0.477 e. The second-order valence-corrected chi connectivity index (χ2v) is 2.87. The minimum atomic E-state index is -1.11. The van der Waals surface area contributed by atoms with Gasteiger partial charge in [0.2, 0.25) is 0 Å². The molecule has 2 aromatic rings. The van der Waals surface area contributed by atoms with Gasteiger partial charge in [0.15, 0.2) is 0 Å². The topological polar surface area (TPSA) is 50.2 Å². The van der Waals surface area contributed by atoms with Gasteiger partial charge in [-0.25, -0.2) is 14.2 Å². The summed E-state index contributed by atoms with van der Waals surface area (Å²) < 4.78 is 12.8. The minimum Gasteiger partial charge on any atom is -0.477 e. The maximum Gasteiger partial charge on any atom is 0.354 e. The molecule has 0 bridgehead atoms. The number of aromatic nitrogens is 1. The SMILES string of the molecule is Cl.O=C(O)c1cc2cc(F)ccc2cn1. The second kappa shape index (κ2) is 4.23. The van der Waals surface area contributed by atoms with Crippen LogP contribution in [0, 0.1) is 5.82 Å². The smallest absolute Gasteiger partial charge is 0.354 e. The fourth-order valence-corrected chi connectivity index (χ4v) is 1.23. The van der Waals surface area contributed by atoms with Crippen LogP contribution in [0.3, 0.4) is 0 Å². The Balaban J connectivity index is 0.00000112. The van der Waals surface area contributed by atoms with E-state index in [1.807, 2.05) is 0 Å². The zero-order valence-corrected chi connectivity index (χ0v) is 8.29. The number of carbonyl (C=O) groups is 1. The van der Waals surface area contributed by atoms with Crippen molar-refractivity contribution in [3.8, 4) is 0 Å². The standard InChI is InChI=1S/C10H6FNO2.ClH/c11-8-2-1-6-5-12-9(10(13)14)4-7(6)3-8;/h1-5H,(H,13,14);1H. The van der Waals surface area contributed by atoms with Gasteiger partial charge in [0.05, 0.1) is 0 Å². The Kier molecular flexibility index (Phi) is 3.21. The Labute approximate surface area is 91.0 Å². The van der Waals surface area contributed by atoms with Crippen molar-refractivity contribution in [2.24, 2.45) is 0 Å². The molecular weight excluding hydrogens is 221 g/mol. The van der Waals surface area contributed by atoms with Crippen molar-refractivity contribution in [3.63, 3.8) is 0 Å². The fourth-order valence-electron chi connectivity index (χ4n) is 1.23. The zero-order chi connectivity index (χ0) is 10.1. The van der Waals surface area contributed by atoms with E-state index < -0.39 is 5.97 Å². The van der Waals surface area contributed by atoms with Crippen LogP contribution in [0.2, 0.25) is 0 Å². The third-order valence-electron chi connectivity index (χ3n) is 1.90. The van der Waals surface area contributed by atoms with Gasteiger partial charge in [-0.3, -0.25) is 0 Å². The average molecular weight is 228 g/mol. The molecule has 0 saturated heterocycles. The number of fused-ring (bicyclic) bond motifs is 1. The van der Waals surface area contributed by atoms with Gasteiger partial charge in [-0.2, -0.15) is 0 Å². The van der Waals surface area contributed by atoms with Crippen LogP contribution in [0.15, 0.2) is 30.5 Å². The maximum atomic E-state index is 12.8. The molecule has 0 aliphatic heterocycles. The quantitative estimate of drug-likeness (QED) is 0.814. The van der Waals surface area contributed by atoms with Crippen LogP contribution in [0.5, 0.6) is 0 Å². The Morgan fingerprint density at radius 3 is 2.67 bits per heavy atom. The lowest BCUT2D eigenvalue weighted by molar-refractivity contribution is 0.0690. The van der Waals surface area contributed by atoms with E-state index in [0.717, 1.165) is 5.39 Å². The molecule has 0 amide bonds. The highest BCUT2D eigenvalue weighted by Crippen LogP contribution is 2.15. The van der Waals surface area contributed by atoms with Gasteiger partial charge in [-0.15, -0.1) is 12.4 Å². The summed E-state index contributed by atoms with van der Waals surface area (Å²) >= 11 is 0. The van der Waals surface area contributed by atoms with Gasteiger partial charge in [0.25, 0.3) is 0 Å². The number of carboxylic acid groups (broad SMARTS) is 1. The third-order valence-corrected chi connectivity index (χ3v) is 1.90. The van der Waals surface area contributed by atoms with E-state index in [1.165, 1.54) is 24.4 Å². The molecule has 0 saturated carbocycles. The highest BCUT2D eigenvalue weighted by Gasteiger charge is 2.05. The van der Waals surface area contributed by atoms with Gasteiger partial charge in [0, 0.05) is 11.6 Å². The van der Waals surface area contributed by atoms with Crippen molar-refractivity contribution in [1.29, 1.82) is 0 Å². The van der Waals surface area contributed by atoms with Gasteiger partial charge in [-0.1, -0.05) is 0 Å². The molecule has 5 heteroatoms. The number of hydrogen-bond acceptors (Lipinski definition) is 2. The molecule has 0 radical (unpaired) electrons. The molecule has 1 aromatic carbocycles. The molecule has 0 spiro atoms. The highest BCUT2D eigenvalue weighted by atomic mass is 35.5. The summed E-state index contributed by atoms with van der Waals surface area (Å²) in [6.45, 7) is 0. The molecule has 0 aliphatic rings. The predicted molar refractivity (Wildman–Crippen MR) is 55.9 cm³/mol. The average Bonchev–Trinajstić information content (AvgIpc) is 2.16. The fraction of sp³-hybridized carbons (Fsp3) is 0. The van der Waals surface area contributed by atoms with E-state index in [9.17, 15) is 9.18 Å². The van der Waals surface area contributed by atoms with Gasteiger partial charge in [-0.05, 0) is 29.7 Å². The first-order chi connectivity index (χ1) is 6.66. The number of pyridine rings is 1. The number of nitrogens with zero attached hydrogens (tertiary/aromatic N) is 1. The molecule has 2 rings (SSSR count). The number of carboxylic acids is 1. The second-order valence-electron chi connectivity index (χ2n) is 2.87. The van der Waals surface area contributed by atoms with Gasteiger partial charge in [0.1, 0.15) is 11.5 Å². The van der Waals surface area contributed by atoms with Crippen LogP contribution in [0.1, 0.15) is 10.5 Å². The highest BCUT2D eigenvalue weighted by molar-refractivity contribution is 5.91. The molecule has 3 nitrogen and oxygen atoms in total. The molecule has 0 fully saturated rings. The lowest BCUT2D eigenvalue weighted by atomic mass is 10.1. The number of aromatic carboxylic acids is 1. The number of benzene rings is 1. The van der Waals surface area contributed by atoms with E-state index in [0.29, 0.717) is 5.39 Å². The molecule has 78 valence electrons. The predicted octanol–water partition coefficient (Wildman–Crippen LogP) is 2.49. The van der Waals surface area contributed by atoms with Crippen LogP contribution in [-0.2, 0) is 0 Å². The first-order valence-electron chi connectivity index (χ1n) is 3.95. The molecule has 0 unspecified atom stereocenters. The van der Waals surface area contributed by atoms with Gasteiger partial charge < -0.3 is 5.11 Å². The molecule has 15 heavy (non-hydrogen) atoms. The molecule has 1 heterocycles. The lowest BCUT2D eigenvalue weighted by Crippen LogP contribution is -1.99. The van der Waals surface area contributed by atoms with Crippen molar-refractivity contribution in [1.82, 2.24) is 4.98 Å². The molecule has 0 atom stereocenters. The first-order valence-corrected chi connectivity index (χ1v) is 3.95. The van der Waals surface area contributed by atoms with Crippen molar-refractivity contribution < 1.29 is 14.3 Å². The van der Waals surface area contributed by atoms with E-state index in [1.54, 1.807) is 6.07 Å². The van der Waals surface area contributed by atoms with Crippen LogP contribution in [-0.4, -0.2) is 16.1 Å². The Bertz CT molecular complexity index is 516. The summed E-state index contributed by atoms with van der Waals surface area (Å²) in [6, 6.07) is 5.50.